The van der Waals surface area contributed by atoms with Crippen LogP contribution in [0, 0.1) is 5.82 Å². The normalized spacial score (nSPS) is 19.0. The van der Waals surface area contributed by atoms with Gasteiger partial charge in [-0.3, -0.25) is 4.79 Å². The third-order valence-corrected chi connectivity index (χ3v) is 4.47. The second-order valence-corrected chi connectivity index (χ2v) is 6.72. The molecule has 5 nitrogen and oxygen atoms in total. The van der Waals surface area contributed by atoms with Gasteiger partial charge in [0.15, 0.2) is 0 Å². The number of nitrogens with one attached hydrogen (secondary N) is 2. The molecule has 1 aliphatic rings. The summed E-state index contributed by atoms with van der Waals surface area (Å²) in [5.74, 6) is -0.484. The summed E-state index contributed by atoms with van der Waals surface area (Å²) < 4.78 is 26.1. The largest absolute Gasteiger partial charge is 0.497 e. The van der Waals surface area contributed by atoms with Crippen LogP contribution >= 0.6 is 0 Å². The van der Waals surface area contributed by atoms with Crippen LogP contribution in [0.15, 0.2) is 18.2 Å². The van der Waals surface area contributed by atoms with Gasteiger partial charge in [0, 0.05) is 19.1 Å². The predicted octanol–water partition coefficient (Wildman–Crippen LogP) is 0.960. The van der Waals surface area contributed by atoms with Crippen molar-refractivity contribution in [2.75, 3.05) is 13.6 Å². The molecule has 7 heteroatoms. The molecular weight excluding hydrogens is 298 g/mol. The van der Waals surface area contributed by atoms with Gasteiger partial charge in [-0.15, -0.1) is 0 Å². The summed E-state index contributed by atoms with van der Waals surface area (Å²) in [4.78, 5) is 11.1. The van der Waals surface area contributed by atoms with Crippen LogP contribution < -0.4 is 16.1 Å². The van der Waals surface area contributed by atoms with Crippen molar-refractivity contribution in [3.63, 3.8) is 0 Å². The molecule has 126 valence electrons. The first kappa shape index (κ1) is 17.9. The van der Waals surface area contributed by atoms with E-state index in [1.165, 1.54) is 6.07 Å². The Balaban J connectivity index is 2.04. The molecule has 0 unspecified atom stereocenters. The van der Waals surface area contributed by atoms with Crippen LogP contribution in [0.5, 0.6) is 0 Å². The van der Waals surface area contributed by atoms with Crippen LogP contribution in [0.2, 0.25) is 0 Å². The highest BCUT2D eigenvalue weighted by Crippen LogP contribution is 2.36. The summed E-state index contributed by atoms with van der Waals surface area (Å²) in [6, 6.07) is 4.92. The van der Waals surface area contributed by atoms with Gasteiger partial charge in [-0.25, -0.2) is 4.39 Å². The molecule has 1 heterocycles. The Morgan fingerprint density at radius 2 is 1.83 bits per heavy atom. The Morgan fingerprint density at radius 3 is 2.35 bits per heavy atom. The molecule has 0 aromatic heterocycles. The first-order valence-electron chi connectivity index (χ1n) is 7.71. The number of likely N-dealkylation sites (N-methyl/N-ethyl adjacent to an activating group) is 1. The molecule has 1 saturated heterocycles. The molecule has 0 saturated carbocycles. The number of carbonyl (C=O) groups excluding carboxylic acids is 1. The molecule has 2 N–H and O–H groups in total. The van der Waals surface area contributed by atoms with Crippen molar-refractivity contribution in [2.24, 2.45) is 0 Å². The van der Waals surface area contributed by atoms with Crippen LogP contribution in [0.4, 0.5) is 4.39 Å². The Bertz CT molecular complexity index is 577. The van der Waals surface area contributed by atoms with E-state index in [1.807, 2.05) is 27.7 Å². The minimum absolute atomic E-state index is 0.112. The van der Waals surface area contributed by atoms with Crippen molar-refractivity contribution in [1.29, 1.82) is 0 Å². The van der Waals surface area contributed by atoms with Crippen LogP contribution in [0.1, 0.15) is 33.3 Å². The zero-order valence-electron chi connectivity index (χ0n) is 14.3. The third kappa shape index (κ3) is 3.91. The molecule has 0 aliphatic carbocycles. The number of benzene rings is 1. The van der Waals surface area contributed by atoms with Gasteiger partial charge in [-0.1, -0.05) is 12.1 Å². The van der Waals surface area contributed by atoms with Crippen molar-refractivity contribution in [3.05, 3.63) is 29.6 Å². The Kier molecular flexibility index (Phi) is 5.13. The average molecular weight is 322 g/mol. The van der Waals surface area contributed by atoms with E-state index in [0.717, 1.165) is 5.56 Å². The van der Waals surface area contributed by atoms with Crippen molar-refractivity contribution in [2.45, 2.75) is 45.4 Å². The third-order valence-electron chi connectivity index (χ3n) is 4.47. The molecule has 2 rings (SSSR count). The average Bonchev–Trinajstić information content (AvgIpc) is 2.67. The van der Waals surface area contributed by atoms with Gasteiger partial charge in [-0.2, -0.15) is 0 Å². The predicted molar refractivity (Wildman–Crippen MR) is 87.9 cm³/mol. The van der Waals surface area contributed by atoms with Gasteiger partial charge in [0.2, 0.25) is 5.91 Å². The Morgan fingerprint density at radius 1 is 1.22 bits per heavy atom. The first-order chi connectivity index (χ1) is 10.7. The van der Waals surface area contributed by atoms with Crippen LogP contribution in [0.3, 0.4) is 0 Å². The second-order valence-electron chi connectivity index (χ2n) is 6.72. The summed E-state index contributed by atoms with van der Waals surface area (Å²) in [5, 5.41) is 5.47. The number of hydrogen-bond donors (Lipinski definition) is 2. The van der Waals surface area contributed by atoms with Gasteiger partial charge in [0.1, 0.15) is 5.82 Å². The van der Waals surface area contributed by atoms with Gasteiger partial charge in [0.05, 0.1) is 17.7 Å². The van der Waals surface area contributed by atoms with Crippen molar-refractivity contribution < 1.29 is 18.5 Å². The topological polar surface area (TPSA) is 59.6 Å². The van der Waals surface area contributed by atoms with Crippen molar-refractivity contribution >= 4 is 18.5 Å². The van der Waals surface area contributed by atoms with E-state index in [4.69, 9.17) is 9.31 Å². The molecule has 0 atom stereocenters. The van der Waals surface area contributed by atoms with Crippen molar-refractivity contribution in [3.8, 4) is 0 Å². The number of hydrogen-bond acceptors (Lipinski definition) is 4. The van der Waals surface area contributed by atoms with E-state index in [0.29, 0.717) is 12.0 Å². The minimum atomic E-state index is -0.715. The molecule has 0 spiro atoms. The quantitative estimate of drug-likeness (QED) is 0.793. The SMILES string of the molecule is CNC(=O)CNCc1ccc(B2OC(C)(C)C(C)(C)O2)c(F)c1. The fraction of sp³-hybridized carbons (Fsp3) is 0.562. The summed E-state index contributed by atoms with van der Waals surface area (Å²) in [5.41, 5.74) is 0.140. The molecule has 1 aromatic carbocycles. The van der Waals surface area contributed by atoms with E-state index in [1.54, 1.807) is 19.2 Å². The van der Waals surface area contributed by atoms with Gasteiger partial charge in [-0.05, 0) is 39.3 Å². The molecule has 1 amide bonds. The summed E-state index contributed by atoms with van der Waals surface area (Å²) >= 11 is 0. The standard InChI is InChI=1S/C16H24BFN2O3/c1-15(2)16(3,4)23-17(22-15)12-7-6-11(8-13(12)18)9-20-10-14(21)19-5/h6-8,20H,9-10H2,1-5H3,(H,19,21). The van der Waals surface area contributed by atoms with Crippen LogP contribution in [-0.2, 0) is 20.6 Å². The van der Waals surface area contributed by atoms with E-state index in [9.17, 15) is 9.18 Å². The lowest BCUT2D eigenvalue weighted by atomic mass is 9.78. The first-order valence-corrected chi connectivity index (χ1v) is 7.71. The summed E-state index contributed by atoms with van der Waals surface area (Å²) in [7, 11) is 0.858. The lowest BCUT2D eigenvalue weighted by Crippen LogP contribution is -2.41. The highest BCUT2D eigenvalue weighted by Gasteiger charge is 2.52. The molecule has 0 radical (unpaired) electrons. The molecule has 1 aliphatic heterocycles. The second kappa shape index (κ2) is 6.59. The maximum absolute atomic E-state index is 14.4. The molecular formula is C16H24BFN2O3. The maximum Gasteiger partial charge on any atom is 0.497 e. The molecule has 0 bridgehead atoms. The lowest BCUT2D eigenvalue weighted by Gasteiger charge is -2.32. The summed E-state index contributed by atoms with van der Waals surface area (Å²) in [6.07, 6.45) is 0. The highest BCUT2D eigenvalue weighted by molar-refractivity contribution is 6.62. The Labute approximate surface area is 137 Å². The van der Waals surface area contributed by atoms with E-state index >= 15 is 0 Å². The van der Waals surface area contributed by atoms with E-state index in [-0.39, 0.29) is 18.3 Å². The van der Waals surface area contributed by atoms with E-state index < -0.39 is 18.3 Å². The maximum atomic E-state index is 14.4. The number of amides is 1. The van der Waals surface area contributed by atoms with E-state index in [2.05, 4.69) is 10.6 Å². The smallest absolute Gasteiger partial charge is 0.399 e. The van der Waals surface area contributed by atoms with Gasteiger partial charge >= 0.3 is 7.12 Å². The summed E-state index contributed by atoms with van der Waals surface area (Å²) in [6.45, 7) is 8.33. The van der Waals surface area contributed by atoms with Gasteiger partial charge in [0.25, 0.3) is 0 Å². The van der Waals surface area contributed by atoms with Crippen LogP contribution in [0.25, 0.3) is 0 Å². The molecule has 23 heavy (non-hydrogen) atoms. The zero-order valence-corrected chi connectivity index (χ0v) is 14.3. The Hall–Kier alpha value is -1.44. The molecule has 1 fully saturated rings. The van der Waals surface area contributed by atoms with Gasteiger partial charge < -0.3 is 19.9 Å². The fourth-order valence-corrected chi connectivity index (χ4v) is 2.25. The number of halogens is 1. The minimum Gasteiger partial charge on any atom is -0.399 e. The zero-order chi connectivity index (χ0) is 17.3. The fourth-order valence-electron chi connectivity index (χ4n) is 2.25. The highest BCUT2D eigenvalue weighted by atomic mass is 19.1. The molecule has 1 aromatic rings. The monoisotopic (exact) mass is 322 g/mol. The lowest BCUT2D eigenvalue weighted by molar-refractivity contribution is -0.119. The number of rotatable bonds is 5. The number of carbonyl (C=O) groups is 1. The van der Waals surface area contributed by atoms with Crippen LogP contribution in [-0.4, -0.2) is 37.8 Å². The van der Waals surface area contributed by atoms with Crippen molar-refractivity contribution in [1.82, 2.24) is 10.6 Å².